The van der Waals surface area contributed by atoms with Crippen LogP contribution in [0.3, 0.4) is 0 Å². The summed E-state index contributed by atoms with van der Waals surface area (Å²) in [6, 6.07) is 14.3. The Morgan fingerprint density at radius 1 is 1.03 bits per heavy atom. The van der Waals surface area contributed by atoms with Gasteiger partial charge in [-0.3, -0.25) is 4.79 Å². The zero-order chi connectivity index (χ0) is 21.6. The lowest BCUT2D eigenvalue weighted by molar-refractivity contribution is -0.123. The third kappa shape index (κ3) is 5.07. The van der Waals surface area contributed by atoms with Gasteiger partial charge in [0.1, 0.15) is 12.7 Å². The second kappa shape index (κ2) is 9.40. The Morgan fingerprint density at radius 3 is 2.35 bits per heavy atom. The van der Waals surface area contributed by atoms with Crippen LogP contribution in [0.1, 0.15) is 17.3 Å². The number of anilines is 2. The van der Waals surface area contributed by atoms with Gasteiger partial charge in [0.15, 0.2) is 6.10 Å². The standard InChI is InChI=1S/C22H23N5O4/c1-16(31-22(29)17-2-6-20(7-3-17)27-15-23-14-24-27)21(28)25-18-4-8-19(9-5-18)26-10-12-30-13-11-26/h2-9,14-16H,10-13H2,1H3,(H,25,28)/t16-/m1/s1. The number of benzene rings is 2. The molecule has 0 spiro atoms. The van der Waals surface area contributed by atoms with E-state index in [0.717, 1.165) is 24.5 Å². The van der Waals surface area contributed by atoms with Gasteiger partial charge in [0, 0.05) is 24.5 Å². The number of esters is 1. The van der Waals surface area contributed by atoms with Gasteiger partial charge < -0.3 is 19.7 Å². The topological polar surface area (TPSA) is 98.6 Å². The maximum Gasteiger partial charge on any atom is 0.338 e. The van der Waals surface area contributed by atoms with Gasteiger partial charge in [-0.25, -0.2) is 14.5 Å². The van der Waals surface area contributed by atoms with Gasteiger partial charge in [0.2, 0.25) is 0 Å². The Kier molecular flexibility index (Phi) is 6.23. The van der Waals surface area contributed by atoms with Gasteiger partial charge in [-0.1, -0.05) is 0 Å². The number of hydrogen-bond acceptors (Lipinski definition) is 7. The number of aromatic nitrogens is 3. The molecule has 9 heteroatoms. The molecule has 1 aliphatic rings. The molecule has 160 valence electrons. The zero-order valence-electron chi connectivity index (χ0n) is 17.1. The minimum absolute atomic E-state index is 0.346. The molecular formula is C22H23N5O4. The lowest BCUT2D eigenvalue weighted by atomic mass is 10.2. The first-order valence-corrected chi connectivity index (χ1v) is 10.00. The van der Waals surface area contributed by atoms with Gasteiger partial charge in [-0.2, -0.15) is 5.10 Å². The van der Waals surface area contributed by atoms with E-state index >= 15 is 0 Å². The van der Waals surface area contributed by atoms with Crippen molar-refractivity contribution >= 4 is 23.3 Å². The van der Waals surface area contributed by atoms with Crippen LogP contribution in [0.2, 0.25) is 0 Å². The summed E-state index contributed by atoms with van der Waals surface area (Å²) in [5.74, 6) is -0.970. The summed E-state index contributed by atoms with van der Waals surface area (Å²) in [6.45, 7) is 4.66. The van der Waals surface area contributed by atoms with Crippen LogP contribution in [0.4, 0.5) is 11.4 Å². The summed E-state index contributed by atoms with van der Waals surface area (Å²) in [4.78, 5) is 30.9. The van der Waals surface area contributed by atoms with E-state index in [2.05, 4.69) is 20.3 Å². The summed E-state index contributed by atoms with van der Waals surface area (Å²) in [7, 11) is 0. The Bertz CT molecular complexity index is 1010. The van der Waals surface area contributed by atoms with Crippen molar-refractivity contribution in [3.8, 4) is 5.69 Å². The monoisotopic (exact) mass is 421 g/mol. The van der Waals surface area contributed by atoms with Crippen molar-refractivity contribution in [2.75, 3.05) is 36.5 Å². The van der Waals surface area contributed by atoms with E-state index in [4.69, 9.17) is 9.47 Å². The van der Waals surface area contributed by atoms with Crippen molar-refractivity contribution in [1.29, 1.82) is 0 Å². The minimum atomic E-state index is -0.943. The highest BCUT2D eigenvalue weighted by molar-refractivity contribution is 5.97. The van der Waals surface area contributed by atoms with Gasteiger partial charge in [-0.15, -0.1) is 0 Å². The number of amides is 1. The third-order valence-corrected chi connectivity index (χ3v) is 4.95. The van der Waals surface area contributed by atoms with E-state index in [0.29, 0.717) is 24.5 Å². The molecule has 2 heterocycles. The molecule has 0 radical (unpaired) electrons. The van der Waals surface area contributed by atoms with Crippen LogP contribution in [0, 0.1) is 0 Å². The van der Waals surface area contributed by atoms with Gasteiger partial charge in [-0.05, 0) is 55.5 Å². The number of nitrogens with zero attached hydrogens (tertiary/aromatic N) is 4. The second-order valence-corrected chi connectivity index (χ2v) is 7.07. The normalized spacial score (nSPS) is 14.7. The molecule has 3 aromatic rings. The molecule has 0 bridgehead atoms. The Labute approximate surface area is 179 Å². The smallest absolute Gasteiger partial charge is 0.338 e. The fourth-order valence-electron chi connectivity index (χ4n) is 3.19. The summed E-state index contributed by atoms with van der Waals surface area (Å²) in [5, 5.41) is 6.81. The molecule has 0 saturated carbocycles. The van der Waals surface area contributed by atoms with Crippen LogP contribution in [0.5, 0.6) is 0 Å². The van der Waals surface area contributed by atoms with Gasteiger partial charge >= 0.3 is 5.97 Å². The van der Waals surface area contributed by atoms with E-state index in [1.165, 1.54) is 6.33 Å². The third-order valence-electron chi connectivity index (χ3n) is 4.95. The first-order valence-electron chi connectivity index (χ1n) is 10.00. The van der Waals surface area contributed by atoms with Crippen LogP contribution in [-0.4, -0.2) is 59.0 Å². The number of carbonyl (C=O) groups excluding carboxylic acids is 2. The second-order valence-electron chi connectivity index (χ2n) is 7.07. The van der Waals surface area contributed by atoms with E-state index in [1.807, 2.05) is 24.3 Å². The fraction of sp³-hybridized carbons (Fsp3) is 0.273. The van der Waals surface area contributed by atoms with Crippen molar-refractivity contribution in [3.05, 3.63) is 66.7 Å². The molecule has 2 aromatic carbocycles. The number of morpholine rings is 1. The number of rotatable bonds is 6. The maximum atomic E-state index is 12.4. The lowest BCUT2D eigenvalue weighted by Crippen LogP contribution is -2.36. The van der Waals surface area contributed by atoms with Crippen LogP contribution in [0.15, 0.2) is 61.2 Å². The minimum Gasteiger partial charge on any atom is -0.449 e. The van der Waals surface area contributed by atoms with E-state index in [9.17, 15) is 9.59 Å². The highest BCUT2D eigenvalue weighted by Crippen LogP contribution is 2.19. The van der Waals surface area contributed by atoms with E-state index < -0.39 is 18.0 Å². The van der Waals surface area contributed by atoms with Crippen molar-refractivity contribution in [2.24, 2.45) is 0 Å². The first kappa shape index (κ1) is 20.5. The van der Waals surface area contributed by atoms with E-state index in [-0.39, 0.29) is 0 Å². The lowest BCUT2D eigenvalue weighted by Gasteiger charge is -2.28. The van der Waals surface area contributed by atoms with Gasteiger partial charge in [0.25, 0.3) is 5.91 Å². The fourth-order valence-corrected chi connectivity index (χ4v) is 3.19. The molecule has 9 nitrogen and oxygen atoms in total. The highest BCUT2D eigenvalue weighted by Gasteiger charge is 2.19. The molecule has 1 atom stereocenters. The average Bonchev–Trinajstić information content (AvgIpc) is 3.35. The number of hydrogen-bond donors (Lipinski definition) is 1. The van der Waals surface area contributed by atoms with Crippen molar-refractivity contribution < 1.29 is 19.1 Å². The molecule has 1 amide bonds. The molecule has 31 heavy (non-hydrogen) atoms. The largest absolute Gasteiger partial charge is 0.449 e. The Morgan fingerprint density at radius 2 is 1.71 bits per heavy atom. The summed E-state index contributed by atoms with van der Waals surface area (Å²) in [6.07, 6.45) is 2.05. The van der Waals surface area contributed by atoms with Crippen LogP contribution < -0.4 is 10.2 Å². The maximum absolute atomic E-state index is 12.4. The predicted octanol–water partition coefficient (Wildman–Crippen LogP) is 2.29. The molecule has 1 fully saturated rings. The van der Waals surface area contributed by atoms with E-state index in [1.54, 1.807) is 42.2 Å². The Hall–Kier alpha value is -3.72. The number of carbonyl (C=O) groups is 2. The quantitative estimate of drug-likeness (QED) is 0.610. The van der Waals surface area contributed by atoms with Crippen molar-refractivity contribution in [1.82, 2.24) is 14.8 Å². The summed E-state index contributed by atoms with van der Waals surface area (Å²) >= 11 is 0. The molecule has 0 unspecified atom stereocenters. The highest BCUT2D eigenvalue weighted by atomic mass is 16.5. The Balaban J connectivity index is 1.31. The molecule has 1 N–H and O–H groups in total. The number of ether oxygens (including phenoxy) is 2. The van der Waals surface area contributed by atoms with Crippen LogP contribution in [0.25, 0.3) is 5.69 Å². The molecule has 1 aromatic heterocycles. The summed E-state index contributed by atoms with van der Waals surface area (Å²) in [5.41, 5.74) is 2.83. The molecule has 1 saturated heterocycles. The zero-order valence-corrected chi connectivity index (χ0v) is 17.1. The summed E-state index contributed by atoms with van der Waals surface area (Å²) < 4.78 is 12.3. The van der Waals surface area contributed by atoms with Crippen LogP contribution in [-0.2, 0) is 14.3 Å². The van der Waals surface area contributed by atoms with Crippen molar-refractivity contribution in [2.45, 2.75) is 13.0 Å². The average molecular weight is 421 g/mol. The molecule has 4 rings (SSSR count). The molecular weight excluding hydrogens is 398 g/mol. The number of nitrogens with one attached hydrogen (secondary N) is 1. The first-order chi connectivity index (χ1) is 15.1. The van der Waals surface area contributed by atoms with Gasteiger partial charge in [0.05, 0.1) is 24.5 Å². The van der Waals surface area contributed by atoms with Crippen molar-refractivity contribution in [3.63, 3.8) is 0 Å². The predicted molar refractivity (Wildman–Crippen MR) is 114 cm³/mol. The molecule has 1 aliphatic heterocycles. The SMILES string of the molecule is C[C@@H](OC(=O)c1ccc(-n2cncn2)cc1)C(=O)Nc1ccc(N2CCOCC2)cc1. The molecule has 0 aliphatic carbocycles. The van der Waals surface area contributed by atoms with Crippen LogP contribution >= 0.6 is 0 Å².